The number of hydrogen-bond acceptors (Lipinski definition) is 1. The van der Waals surface area contributed by atoms with Crippen LogP contribution in [0.25, 0.3) is 0 Å². The molecule has 2 amide bonds. The summed E-state index contributed by atoms with van der Waals surface area (Å²) in [4.78, 5) is 12.0. The number of amides is 2. The summed E-state index contributed by atoms with van der Waals surface area (Å²) in [7, 11) is 0. The molecule has 80 valence electrons. The van der Waals surface area contributed by atoms with E-state index in [1.54, 1.807) is 0 Å². The minimum Gasteiger partial charge on any atom is -0.351 e. The van der Waals surface area contributed by atoms with Gasteiger partial charge < -0.3 is 10.6 Å². The van der Waals surface area contributed by atoms with Gasteiger partial charge in [-0.05, 0) is 18.8 Å². The van der Waals surface area contributed by atoms with Crippen LogP contribution in [-0.2, 0) is 0 Å². The van der Waals surface area contributed by atoms with Gasteiger partial charge in [-0.25, -0.2) is 4.79 Å². The smallest absolute Gasteiger partial charge is 0.351 e. The standard InChI is InChI=1S/C8H11F3N2O/c9-8(10,11)5-4-2-1-3-13(6(4)5)7(12)14/h4-6H,1-3H2,(H2,12,14). The fraction of sp³-hybridized carbons (Fsp3) is 0.875. The first-order valence-corrected chi connectivity index (χ1v) is 4.55. The van der Waals surface area contributed by atoms with E-state index in [0.717, 1.165) is 4.90 Å². The Morgan fingerprint density at radius 2 is 2.07 bits per heavy atom. The van der Waals surface area contributed by atoms with Crippen LogP contribution in [0.3, 0.4) is 0 Å². The molecule has 6 heteroatoms. The summed E-state index contributed by atoms with van der Waals surface area (Å²) in [5.74, 6) is -1.74. The van der Waals surface area contributed by atoms with E-state index in [1.165, 1.54) is 0 Å². The van der Waals surface area contributed by atoms with E-state index in [4.69, 9.17) is 5.73 Å². The Morgan fingerprint density at radius 1 is 1.43 bits per heavy atom. The highest BCUT2D eigenvalue weighted by Gasteiger charge is 2.67. The van der Waals surface area contributed by atoms with Crippen molar-refractivity contribution >= 4 is 6.03 Å². The molecule has 3 unspecified atom stereocenters. The molecule has 0 aromatic heterocycles. The van der Waals surface area contributed by atoms with Crippen molar-refractivity contribution < 1.29 is 18.0 Å². The second kappa shape index (κ2) is 2.77. The lowest BCUT2D eigenvalue weighted by Gasteiger charge is -2.24. The summed E-state index contributed by atoms with van der Waals surface area (Å²) < 4.78 is 37.2. The minimum absolute atomic E-state index is 0.364. The zero-order valence-corrected chi connectivity index (χ0v) is 7.42. The molecular formula is C8H11F3N2O. The van der Waals surface area contributed by atoms with Gasteiger partial charge in [0.05, 0.1) is 5.92 Å². The summed E-state index contributed by atoms with van der Waals surface area (Å²) in [5.41, 5.74) is 5.01. The van der Waals surface area contributed by atoms with E-state index < -0.39 is 30.1 Å². The number of nitrogens with zero attached hydrogens (tertiary/aromatic N) is 1. The third-order valence-electron chi connectivity index (χ3n) is 3.08. The number of hydrogen-bond donors (Lipinski definition) is 1. The Kier molecular flexibility index (Phi) is 1.90. The van der Waals surface area contributed by atoms with Gasteiger partial charge in [-0.2, -0.15) is 13.2 Å². The van der Waals surface area contributed by atoms with Crippen LogP contribution in [0.4, 0.5) is 18.0 Å². The van der Waals surface area contributed by atoms with Crippen molar-refractivity contribution in [2.75, 3.05) is 6.54 Å². The Hall–Kier alpha value is -0.940. The van der Waals surface area contributed by atoms with Crippen LogP contribution in [0.5, 0.6) is 0 Å². The number of piperidine rings is 1. The van der Waals surface area contributed by atoms with Crippen LogP contribution in [-0.4, -0.2) is 29.7 Å². The highest BCUT2D eigenvalue weighted by atomic mass is 19.4. The Balaban J connectivity index is 2.11. The molecule has 2 aliphatic rings. The fourth-order valence-electron chi connectivity index (χ4n) is 2.47. The van der Waals surface area contributed by atoms with Crippen LogP contribution in [0, 0.1) is 11.8 Å². The third kappa shape index (κ3) is 1.33. The molecule has 0 bridgehead atoms. The molecule has 2 rings (SSSR count). The largest absolute Gasteiger partial charge is 0.394 e. The minimum atomic E-state index is -4.19. The predicted octanol–water partition coefficient (Wildman–Crippen LogP) is 1.34. The lowest BCUT2D eigenvalue weighted by molar-refractivity contribution is -0.153. The average Bonchev–Trinajstić information content (AvgIpc) is 2.74. The van der Waals surface area contributed by atoms with Crippen molar-refractivity contribution in [3.8, 4) is 0 Å². The van der Waals surface area contributed by atoms with E-state index in [9.17, 15) is 18.0 Å². The van der Waals surface area contributed by atoms with Crippen molar-refractivity contribution in [2.24, 2.45) is 17.6 Å². The maximum absolute atomic E-state index is 12.4. The zero-order valence-electron chi connectivity index (χ0n) is 7.42. The lowest BCUT2D eigenvalue weighted by Crippen LogP contribution is -2.42. The maximum Gasteiger partial charge on any atom is 0.394 e. The van der Waals surface area contributed by atoms with Gasteiger partial charge >= 0.3 is 12.2 Å². The molecule has 14 heavy (non-hydrogen) atoms. The Bertz CT molecular complexity index is 266. The Morgan fingerprint density at radius 3 is 2.57 bits per heavy atom. The summed E-state index contributed by atoms with van der Waals surface area (Å²) >= 11 is 0. The van der Waals surface area contributed by atoms with Gasteiger partial charge in [0.25, 0.3) is 0 Å². The molecule has 1 aliphatic carbocycles. The van der Waals surface area contributed by atoms with Crippen LogP contribution in [0.1, 0.15) is 12.8 Å². The van der Waals surface area contributed by atoms with E-state index >= 15 is 0 Å². The molecule has 2 N–H and O–H groups in total. The van der Waals surface area contributed by atoms with Gasteiger partial charge in [0.1, 0.15) is 0 Å². The van der Waals surface area contributed by atoms with Gasteiger partial charge in [0, 0.05) is 12.6 Å². The summed E-state index contributed by atoms with van der Waals surface area (Å²) in [6, 6.07) is -1.41. The van der Waals surface area contributed by atoms with Crippen molar-refractivity contribution in [3.63, 3.8) is 0 Å². The number of rotatable bonds is 0. The number of urea groups is 1. The molecule has 0 spiro atoms. The molecule has 3 atom stereocenters. The first-order chi connectivity index (χ1) is 6.43. The number of likely N-dealkylation sites (tertiary alicyclic amines) is 1. The molecule has 1 aliphatic heterocycles. The van der Waals surface area contributed by atoms with Crippen LogP contribution in [0.15, 0.2) is 0 Å². The normalized spacial score (nSPS) is 36.5. The average molecular weight is 208 g/mol. The first kappa shape index (κ1) is 9.61. The highest BCUT2D eigenvalue weighted by Crippen LogP contribution is 2.56. The van der Waals surface area contributed by atoms with Crippen molar-refractivity contribution in [3.05, 3.63) is 0 Å². The highest BCUT2D eigenvalue weighted by molar-refractivity contribution is 5.73. The first-order valence-electron chi connectivity index (χ1n) is 4.55. The van der Waals surface area contributed by atoms with Gasteiger partial charge in [0.2, 0.25) is 0 Å². The number of alkyl halides is 3. The quantitative estimate of drug-likeness (QED) is 0.641. The predicted molar refractivity (Wildman–Crippen MR) is 42.3 cm³/mol. The van der Waals surface area contributed by atoms with E-state index in [-0.39, 0.29) is 0 Å². The van der Waals surface area contributed by atoms with Gasteiger partial charge in [-0.3, -0.25) is 0 Å². The maximum atomic E-state index is 12.4. The molecule has 3 nitrogen and oxygen atoms in total. The van der Waals surface area contributed by atoms with Gasteiger partial charge in [0.15, 0.2) is 0 Å². The third-order valence-corrected chi connectivity index (χ3v) is 3.08. The number of nitrogens with two attached hydrogens (primary N) is 1. The molecule has 2 fully saturated rings. The number of primary amides is 1. The van der Waals surface area contributed by atoms with Gasteiger partial charge in [-0.1, -0.05) is 0 Å². The molecule has 0 aromatic carbocycles. The summed E-state index contributed by atoms with van der Waals surface area (Å²) in [6.07, 6.45) is -3.01. The summed E-state index contributed by atoms with van der Waals surface area (Å²) in [6.45, 7) is 0.364. The molecule has 0 aromatic rings. The number of halogens is 3. The van der Waals surface area contributed by atoms with E-state index in [0.29, 0.717) is 19.4 Å². The van der Waals surface area contributed by atoms with E-state index in [1.807, 2.05) is 0 Å². The molecule has 1 saturated carbocycles. The second-order valence-electron chi connectivity index (χ2n) is 3.90. The number of carbonyl (C=O) groups excluding carboxylic acids is 1. The molecular weight excluding hydrogens is 197 g/mol. The second-order valence-corrected chi connectivity index (χ2v) is 3.90. The van der Waals surface area contributed by atoms with Crippen LogP contribution in [0.2, 0.25) is 0 Å². The van der Waals surface area contributed by atoms with Crippen LogP contribution >= 0.6 is 0 Å². The van der Waals surface area contributed by atoms with Crippen LogP contribution < -0.4 is 5.73 Å². The topological polar surface area (TPSA) is 46.3 Å². The monoisotopic (exact) mass is 208 g/mol. The van der Waals surface area contributed by atoms with Crippen molar-refractivity contribution in [2.45, 2.75) is 25.1 Å². The lowest BCUT2D eigenvalue weighted by atomic mass is 10.1. The number of fused-ring (bicyclic) bond motifs is 1. The van der Waals surface area contributed by atoms with E-state index in [2.05, 4.69) is 0 Å². The summed E-state index contributed by atoms with van der Waals surface area (Å²) in [5, 5.41) is 0. The molecule has 0 radical (unpaired) electrons. The molecule has 1 saturated heterocycles. The van der Waals surface area contributed by atoms with Crippen molar-refractivity contribution in [1.29, 1.82) is 0 Å². The molecule has 1 heterocycles. The zero-order chi connectivity index (χ0) is 10.5. The van der Waals surface area contributed by atoms with Gasteiger partial charge in [-0.15, -0.1) is 0 Å². The fourth-order valence-corrected chi connectivity index (χ4v) is 2.47. The SMILES string of the molecule is NC(=O)N1CCCC2C1C2C(F)(F)F. The number of carbonyl (C=O) groups is 1. The van der Waals surface area contributed by atoms with Crippen molar-refractivity contribution in [1.82, 2.24) is 4.90 Å². The Labute approximate surface area is 79.0 Å².